The highest BCUT2D eigenvalue weighted by molar-refractivity contribution is 6.39. The topological polar surface area (TPSA) is 38.9 Å². The summed E-state index contributed by atoms with van der Waals surface area (Å²) < 4.78 is 0. The molecule has 0 aliphatic heterocycles. The number of rotatable bonds is 3. The fourth-order valence-corrected chi connectivity index (χ4v) is 2.17. The highest BCUT2D eigenvalue weighted by Crippen LogP contribution is 2.28. The van der Waals surface area contributed by atoms with E-state index in [0.29, 0.717) is 22.5 Å². The van der Waals surface area contributed by atoms with Crippen molar-refractivity contribution >= 4 is 34.1 Å². The number of nitrogens with two attached hydrogens (primary N) is 1. The number of fused-ring (bicyclic) bond motifs is 1. The molecule has 0 radical (unpaired) electrons. The second-order valence-electron chi connectivity index (χ2n) is 4.27. The van der Waals surface area contributed by atoms with Crippen LogP contribution >= 0.6 is 23.2 Å². The Hall–Kier alpha value is -0.830. The normalized spacial score (nSPS) is 12.9. The summed E-state index contributed by atoms with van der Waals surface area (Å²) in [6.07, 6.45) is 0.856. The molecule has 1 heterocycles. The first-order valence-electron chi connectivity index (χ1n) is 5.55. The lowest BCUT2D eigenvalue weighted by Gasteiger charge is -2.09. The Kier molecular flexibility index (Phi) is 3.87. The van der Waals surface area contributed by atoms with E-state index in [4.69, 9.17) is 28.9 Å². The zero-order valence-electron chi connectivity index (χ0n) is 9.58. The molecule has 0 fully saturated rings. The molecule has 0 aliphatic carbocycles. The van der Waals surface area contributed by atoms with Crippen LogP contribution in [-0.4, -0.2) is 11.5 Å². The van der Waals surface area contributed by atoms with E-state index in [1.165, 1.54) is 0 Å². The van der Waals surface area contributed by atoms with Gasteiger partial charge in [-0.1, -0.05) is 30.1 Å². The highest BCUT2D eigenvalue weighted by atomic mass is 35.5. The molecule has 1 aromatic carbocycles. The first-order valence-corrected chi connectivity index (χ1v) is 6.31. The van der Waals surface area contributed by atoms with Crippen LogP contribution in [0.4, 0.5) is 0 Å². The van der Waals surface area contributed by atoms with Crippen LogP contribution in [0.2, 0.25) is 10.0 Å². The fourth-order valence-electron chi connectivity index (χ4n) is 1.74. The van der Waals surface area contributed by atoms with Crippen LogP contribution in [0.3, 0.4) is 0 Å². The third-order valence-electron chi connectivity index (χ3n) is 2.77. The molecule has 1 unspecified atom stereocenters. The summed E-state index contributed by atoms with van der Waals surface area (Å²) in [6.45, 7) is 2.76. The number of aromatic nitrogens is 1. The van der Waals surface area contributed by atoms with Gasteiger partial charge in [0.15, 0.2) is 0 Å². The van der Waals surface area contributed by atoms with Crippen LogP contribution in [0.15, 0.2) is 24.3 Å². The van der Waals surface area contributed by atoms with Gasteiger partial charge in [-0.05, 0) is 43.1 Å². The van der Waals surface area contributed by atoms with E-state index in [0.717, 1.165) is 23.0 Å². The standard InChI is InChI=1S/C13H14Cl2N2/c1-8(7-16)6-9-2-3-10-11(14)4-5-12(15)13(10)17-9/h2-5,8H,6-7,16H2,1H3. The first kappa shape index (κ1) is 12.6. The Morgan fingerprint density at radius 1 is 1.18 bits per heavy atom. The predicted octanol–water partition coefficient (Wildman–Crippen LogP) is 3.68. The summed E-state index contributed by atoms with van der Waals surface area (Å²) in [5, 5.41) is 2.20. The Morgan fingerprint density at radius 3 is 2.59 bits per heavy atom. The number of hydrogen-bond acceptors (Lipinski definition) is 2. The fraction of sp³-hybridized carbons (Fsp3) is 0.308. The zero-order valence-corrected chi connectivity index (χ0v) is 11.1. The van der Waals surface area contributed by atoms with Crippen LogP contribution in [0.1, 0.15) is 12.6 Å². The summed E-state index contributed by atoms with van der Waals surface area (Å²) in [7, 11) is 0. The van der Waals surface area contributed by atoms with Gasteiger partial charge >= 0.3 is 0 Å². The molecule has 90 valence electrons. The predicted molar refractivity (Wildman–Crippen MR) is 73.7 cm³/mol. The van der Waals surface area contributed by atoms with Crippen molar-refractivity contribution in [2.24, 2.45) is 11.7 Å². The van der Waals surface area contributed by atoms with Crippen molar-refractivity contribution in [1.82, 2.24) is 4.98 Å². The Bertz CT molecular complexity index is 540. The van der Waals surface area contributed by atoms with Crippen molar-refractivity contribution < 1.29 is 0 Å². The van der Waals surface area contributed by atoms with Gasteiger partial charge < -0.3 is 5.73 Å². The van der Waals surface area contributed by atoms with E-state index in [1.54, 1.807) is 12.1 Å². The smallest absolute Gasteiger partial charge is 0.0906 e. The molecule has 0 aliphatic rings. The van der Waals surface area contributed by atoms with Gasteiger partial charge in [0.05, 0.1) is 15.6 Å². The average molecular weight is 269 g/mol. The van der Waals surface area contributed by atoms with Crippen molar-refractivity contribution in [2.75, 3.05) is 6.54 Å². The van der Waals surface area contributed by atoms with Crippen LogP contribution in [-0.2, 0) is 6.42 Å². The molecule has 4 heteroatoms. The van der Waals surface area contributed by atoms with E-state index in [-0.39, 0.29) is 0 Å². The van der Waals surface area contributed by atoms with Crippen molar-refractivity contribution in [2.45, 2.75) is 13.3 Å². The molecule has 1 atom stereocenters. The number of halogens is 2. The Morgan fingerprint density at radius 2 is 1.88 bits per heavy atom. The molecule has 2 N–H and O–H groups in total. The van der Waals surface area contributed by atoms with Gasteiger partial charge in [-0.25, -0.2) is 0 Å². The minimum absolute atomic E-state index is 0.415. The first-order chi connectivity index (χ1) is 8.11. The summed E-state index contributed by atoms with van der Waals surface area (Å²) in [6, 6.07) is 7.51. The third kappa shape index (κ3) is 2.71. The molecular formula is C13H14Cl2N2. The SMILES string of the molecule is CC(CN)Cc1ccc2c(Cl)ccc(Cl)c2n1. The molecule has 0 bridgehead atoms. The maximum Gasteiger partial charge on any atom is 0.0906 e. The van der Waals surface area contributed by atoms with Gasteiger partial charge in [0.25, 0.3) is 0 Å². The van der Waals surface area contributed by atoms with Gasteiger partial charge in [-0.2, -0.15) is 0 Å². The van der Waals surface area contributed by atoms with Gasteiger partial charge in [-0.3, -0.25) is 4.98 Å². The van der Waals surface area contributed by atoms with Crippen molar-refractivity contribution in [3.8, 4) is 0 Å². The second-order valence-corrected chi connectivity index (χ2v) is 5.09. The largest absolute Gasteiger partial charge is 0.330 e. The van der Waals surface area contributed by atoms with Crippen molar-refractivity contribution in [3.05, 3.63) is 40.0 Å². The Labute approximate surface area is 111 Å². The van der Waals surface area contributed by atoms with Gasteiger partial charge in [-0.15, -0.1) is 0 Å². The van der Waals surface area contributed by atoms with E-state index >= 15 is 0 Å². The third-order valence-corrected chi connectivity index (χ3v) is 3.41. The lowest BCUT2D eigenvalue weighted by Crippen LogP contribution is -2.13. The summed E-state index contributed by atoms with van der Waals surface area (Å²) in [4.78, 5) is 4.55. The zero-order chi connectivity index (χ0) is 12.4. The highest BCUT2D eigenvalue weighted by Gasteiger charge is 2.08. The molecule has 1 aromatic heterocycles. The molecule has 2 nitrogen and oxygen atoms in total. The van der Waals surface area contributed by atoms with Gasteiger partial charge in [0.2, 0.25) is 0 Å². The van der Waals surface area contributed by atoms with Crippen LogP contribution in [0.25, 0.3) is 10.9 Å². The summed E-state index contributed by atoms with van der Waals surface area (Å²) in [5.41, 5.74) is 7.38. The van der Waals surface area contributed by atoms with Crippen molar-refractivity contribution in [3.63, 3.8) is 0 Å². The average Bonchev–Trinajstić information content (AvgIpc) is 2.34. The number of hydrogen-bond donors (Lipinski definition) is 1. The van der Waals surface area contributed by atoms with E-state index < -0.39 is 0 Å². The molecule has 0 amide bonds. The number of pyridine rings is 1. The molecule has 2 rings (SSSR count). The minimum atomic E-state index is 0.415. The van der Waals surface area contributed by atoms with E-state index in [9.17, 15) is 0 Å². The number of benzene rings is 1. The van der Waals surface area contributed by atoms with Gasteiger partial charge in [0, 0.05) is 11.1 Å². The molecule has 17 heavy (non-hydrogen) atoms. The van der Waals surface area contributed by atoms with Crippen LogP contribution < -0.4 is 5.73 Å². The molecule has 0 spiro atoms. The maximum atomic E-state index is 6.13. The van der Waals surface area contributed by atoms with E-state index in [2.05, 4.69) is 11.9 Å². The van der Waals surface area contributed by atoms with Gasteiger partial charge in [0.1, 0.15) is 0 Å². The van der Waals surface area contributed by atoms with Crippen LogP contribution in [0.5, 0.6) is 0 Å². The van der Waals surface area contributed by atoms with Crippen LogP contribution in [0, 0.1) is 5.92 Å². The Balaban J connectivity index is 2.46. The maximum absolute atomic E-state index is 6.13. The summed E-state index contributed by atoms with van der Waals surface area (Å²) >= 11 is 12.2. The minimum Gasteiger partial charge on any atom is -0.330 e. The second kappa shape index (κ2) is 5.21. The number of nitrogens with zero attached hydrogens (tertiary/aromatic N) is 1. The lowest BCUT2D eigenvalue weighted by molar-refractivity contribution is 0.585. The van der Waals surface area contributed by atoms with E-state index in [1.807, 2.05) is 12.1 Å². The monoisotopic (exact) mass is 268 g/mol. The molecule has 2 aromatic rings. The molecule has 0 saturated carbocycles. The quantitative estimate of drug-likeness (QED) is 0.923. The molecular weight excluding hydrogens is 255 g/mol. The lowest BCUT2D eigenvalue weighted by atomic mass is 10.0. The van der Waals surface area contributed by atoms with Crippen molar-refractivity contribution in [1.29, 1.82) is 0 Å². The molecule has 0 saturated heterocycles. The summed E-state index contributed by atoms with van der Waals surface area (Å²) in [5.74, 6) is 0.415.